The van der Waals surface area contributed by atoms with Crippen molar-refractivity contribution in [2.24, 2.45) is 0 Å². The van der Waals surface area contributed by atoms with Gasteiger partial charge in [0.1, 0.15) is 5.75 Å². The van der Waals surface area contributed by atoms with Gasteiger partial charge >= 0.3 is 0 Å². The molecule has 0 radical (unpaired) electrons. The monoisotopic (exact) mass is 282 g/mol. The maximum Gasteiger partial charge on any atom is 0.123 e. The minimum Gasteiger partial charge on any atom is -1.00 e. The molecule has 0 spiro atoms. The van der Waals surface area contributed by atoms with Gasteiger partial charge in [-0.25, -0.2) is 0 Å². The van der Waals surface area contributed by atoms with Gasteiger partial charge in [0.25, 0.3) is 0 Å². The zero-order valence-corrected chi connectivity index (χ0v) is 12.1. The second-order valence-corrected chi connectivity index (χ2v) is 5.30. The van der Waals surface area contributed by atoms with Crippen LogP contribution in [0.5, 0.6) is 5.75 Å². The van der Waals surface area contributed by atoms with Gasteiger partial charge in [-0.15, -0.1) is 11.3 Å². The summed E-state index contributed by atoms with van der Waals surface area (Å²) in [5.41, 5.74) is 1.20. The lowest BCUT2D eigenvalue weighted by Crippen LogP contribution is -3.00. The Balaban J connectivity index is 0.00000162. The van der Waals surface area contributed by atoms with Gasteiger partial charge in [-0.1, -0.05) is 18.2 Å². The molecule has 4 heteroatoms. The van der Waals surface area contributed by atoms with Crippen LogP contribution in [0.15, 0.2) is 36.4 Å². The first kappa shape index (κ1) is 15.0. The summed E-state index contributed by atoms with van der Waals surface area (Å²) in [7, 11) is 1.71. The van der Waals surface area contributed by atoms with E-state index in [0.717, 1.165) is 18.8 Å². The van der Waals surface area contributed by atoms with Gasteiger partial charge in [0.05, 0.1) is 7.11 Å². The lowest BCUT2D eigenvalue weighted by molar-refractivity contribution is -0.00000376. The van der Waals surface area contributed by atoms with Crippen molar-refractivity contribution in [1.29, 1.82) is 0 Å². The van der Waals surface area contributed by atoms with Crippen molar-refractivity contribution in [1.82, 2.24) is 5.32 Å². The van der Waals surface area contributed by atoms with E-state index in [1.54, 1.807) is 7.11 Å². The quantitative estimate of drug-likeness (QED) is 0.855. The minimum atomic E-state index is 0. The molecule has 18 heavy (non-hydrogen) atoms. The summed E-state index contributed by atoms with van der Waals surface area (Å²) in [5, 5.41) is 3.44. The molecule has 1 heterocycles. The molecule has 0 unspecified atom stereocenters. The van der Waals surface area contributed by atoms with Crippen LogP contribution in [0.25, 0.3) is 0 Å². The number of para-hydroxylation sites is 1. The van der Waals surface area contributed by atoms with Crippen LogP contribution in [0.3, 0.4) is 0 Å². The highest BCUT2D eigenvalue weighted by molar-refractivity contribution is 7.11. The number of benzene rings is 1. The lowest BCUT2D eigenvalue weighted by Gasteiger charge is -2.08. The molecular formula is C14H17ClNOS-. The molecule has 0 saturated heterocycles. The minimum absolute atomic E-state index is 0. The largest absolute Gasteiger partial charge is 1.00 e. The standard InChI is InChI=1S/C14H17NOS.ClH/c1-11-7-8-13(17-11)10-15-9-12-5-3-4-6-14(12)16-2;/h3-8,15H,9-10H2,1-2H3;1H/p-1. The highest BCUT2D eigenvalue weighted by Gasteiger charge is 2.01. The van der Waals surface area contributed by atoms with Crippen molar-refractivity contribution in [3.8, 4) is 5.75 Å². The van der Waals surface area contributed by atoms with Crippen LogP contribution in [0, 0.1) is 6.92 Å². The third-order valence-corrected chi connectivity index (χ3v) is 3.60. The Labute approximate surface area is 118 Å². The molecule has 0 aliphatic rings. The molecule has 0 bridgehead atoms. The van der Waals surface area contributed by atoms with Crippen LogP contribution in [-0.2, 0) is 13.1 Å². The van der Waals surface area contributed by atoms with Gasteiger partial charge in [-0.05, 0) is 25.1 Å². The van der Waals surface area contributed by atoms with E-state index in [0.29, 0.717) is 0 Å². The van der Waals surface area contributed by atoms with Gasteiger partial charge in [-0.3, -0.25) is 0 Å². The Morgan fingerprint density at radius 2 is 1.89 bits per heavy atom. The van der Waals surface area contributed by atoms with Crippen LogP contribution < -0.4 is 22.5 Å². The molecular weight excluding hydrogens is 266 g/mol. The Morgan fingerprint density at radius 1 is 1.11 bits per heavy atom. The summed E-state index contributed by atoms with van der Waals surface area (Å²) in [4.78, 5) is 2.73. The molecule has 1 N–H and O–H groups in total. The Kier molecular flexibility index (Phi) is 6.19. The highest BCUT2D eigenvalue weighted by Crippen LogP contribution is 2.18. The van der Waals surface area contributed by atoms with Crippen molar-refractivity contribution < 1.29 is 17.1 Å². The number of methoxy groups -OCH3 is 1. The van der Waals surface area contributed by atoms with Gasteiger partial charge in [-0.2, -0.15) is 0 Å². The topological polar surface area (TPSA) is 21.3 Å². The van der Waals surface area contributed by atoms with Crippen molar-refractivity contribution in [2.45, 2.75) is 20.0 Å². The number of ether oxygens (including phenoxy) is 1. The van der Waals surface area contributed by atoms with E-state index in [-0.39, 0.29) is 12.4 Å². The summed E-state index contributed by atoms with van der Waals surface area (Å²) >= 11 is 1.84. The predicted molar refractivity (Wildman–Crippen MR) is 72.6 cm³/mol. The second kappa shape index (κ2) is 7.41. The maximum absolute atomic E-state index is 5.31. The first-order valence-corrected chi connectivity index (χ1v) is 6.49. The van der Waals surface area contributed by atoms with E-state index in [4.69, 9.17) is 4.74 Å². The molecule has 0 fully saturated rings. The number of thiophene rings is 1. The van der Waals surface area contributed by atoms with Gasteiger partial charge in [0.15, 0.2) is 0 Å². The molecule has 1 aromatic heterocycles. The lowest BCUT2D eigenvalue weighted by atomic mass is 10.2. The van der Waals surface area contributed by atoms with Crippen molar-refractivity contribution >= 4 is 11.3 Å². The van der Waals surface area contributed by atoms with Crippen molar-refractivity contribution in [3.05, 3.63) is 51.7 Å². The predicted octanol–water partition coefficient (Wildman–Crippen LogP) is 0.359. The number of hydrogen-bond donors (Lipinski definition) is 1. The summed E-state index contributed by atoms with van der Waals surface area (Å²) in [6.45, 7) is 3.88. The zero-order chi connectivity index (χ0) is 12.1. The van der Waals surface area contributed by atoms with E-state index in [2.05, 4.69) is 30.4 Å². The zero-order valence-electron chi connectivity index (χ0n) is 10.6. The van der Waals surface area contributed by atoms with Crippen LogP contribution in [0.2, 0.25) is 0 Å². The molecule has 0 aliphatic heterocycles. The first-order chi connectivity index (χ1) is 8.29. The van der Waals surface area contributed by atoms with E-state index in [9.17, 15) is 0 Å². The molecule has 0 saturated carbocycles. The van der Waals surface area contributed by atoms with Crippen LogP contribution in [-0.4, -0.2) is 7.11 Å². The molecule has 0 aliphatic carbocycles. The van der Waals surface area contributed by atoms with Crippen molar-refractivity contribution in [3.63, 3.8) is 0 Å². The van der Waals surface area contributed by atoms with Crippen LogP contribution >= 0.6 is 11.3 Å². The first-order valence-electron chi connectivity index (χ1n) is 5.67. The fraction of sp³-hybridized carbons (Fsp3) is 0.286. The average Bonchev–Trinajstić information content (AvgIpc) is 2.76. The van der Waals surface area contributed by atoms with E-state index in [1.807, 2.05) is 29.5 Å². The summed E-state index contributed by atoms with van der Waals surface area (Å²) in [6.07, 6.45) is 0. The normalized spacial score (nSPS) is 9.89. The molecule has 2 aromatic rings. The molecule has 0 atom stereocenters. The molecule has 0 amide bonds. The van der Waals surface area contributed by atoms with E-state index < -0.39 is 0 Å². The number of aryl methyl sites for hydroxylation is 1. The van der Waals surface area contributed by atoms with E-state index >= 15 is 0 Å². The van der Waals surface area contributed by atoms with Gasteiger partial charge < -0.3 is 22.5 Å². The number of halogens is 1. The van der Waals surface area contributed by atoms with Crippen molar-refractivity contribution in [2.75, 3.05) is 7.11 Å². The fourth-order valence-corrected chi connectivity index (χ4v) is 2.61. The van der Waals surface area contributed by atoms with Crippen LogP contribution in [0.1, 0.15) is 15.3 Å². The summed E-state index contributed by atoms with van der Waals surface area (Å²) in [5.74, 6) is 0.947. The van der Waals surface area contributed by atoms with Gasteiger partial charge in [0, 0.05) is 28.4 Å². The summed E-state index contributed by atoms with van der Waals surface area (Å²) in [6, 6.07) is 12.4. The van der Waals surface area contributed by atoms with Crippen LogP contribution in [0.4, 0.5) is 0 Å². The average molecular weight is 283 g/mol. The van der Waals surface area contributed by atoms with E-state index in [1.165, 1.54) is 15.3 Å². The SMILES string of the molecule is COc1ccccc1CNCc1ccc(C)s1.[Cl-]. The summed E-state index contributed by atoms with van der Waals surface area (Å²) < 4.78 is 5.31. The molecule has 2 rings (SSSR count). The Bertz CT molecular complexity index is 484. The number of hydrogen-bond acceptors (Lipinski definition) is 3. The second-order valence-electron chi connectivity index (χ2n) is 3.93. The molecule has 2 nitrogen and oxygen atoms in total. The third-order valence-electron chi connectivity index (χ3n) is 2.60. The molecule has 1 aromatic carbocycles. The smallest absolute Gasteiger partial charge is 0.123 e. The number of rotatable bonds is 5. The fourth-order valence-electron chi connectivity index (χ4n) is 1.75. The maximum atomic E-state index is 5.31. The van der Waals surface area contributed by atoms with Gasteiger partial charge in [0.2, 0.25) is 0 Å². The molecule has 98 valence electrons. The Morgan fingerprint density at radius 3 is 2.56 bits per heavy atom. The third kappa shape index (κ3) is 4.02. The highest BCUT2D eigenvalue weighted by atomic mass is 35.5. The number of nitrogens with one attached hydrogen (secondary N) is 1. The Hall–Kier alpha value is -1.03.